The zero-order valence-corrected chi connectivity index (χ0v) is 13.3. The molecule has 0 saturated carbocycles. The quantitative estimate of drug-likeness (QED) is 0.669. The predicted octanol–water partition coefficient (Wildman–Crippen LogP) is 0.131. The van der Waals surface area contributed by atoms with Crippen molar-refractivity contribution in [2.24, 2.45) is 0 Å². The molecular formula is C16H19N3O5. The summed E-state index contributed by atoms with van der Waals surface area (Å²) in [6.07, 6.45) is 1.27. The molecular weight excluding hydrogens is 314 g/mol. The fourth-order valence-corrected chi connectivity index (χ4v) is 1.94. The lowest BCUT2D eigenvalue weighted by molar-refractivity contribution is -0.121. The molecule has 0 aliphatic rings. The van der Waals surface area contributed by atoms with E-state index in [4.69, 9.17) is 9.47 Å². The van der Waals surface area contributed by atoms with Gasteiger partial charge >= 0.3 is 5.69 Å². The Morgan fingerprint density at radius 2 is 1.79 bits per heavy atom. The first-order valence-corrected chi connectivity index (χ1v) is 7.50. The molecule has 24 heavy (non-hydrogen) atoms. The van der Waals surface area contributed by atoms with E-state index >= 15 is 0 Å². The number of hydrogen-bond acceptors (Lipinski definition) is 5. The second-order valence-corrected chi connectivity index (χ2v) is 4.84. The molecule has 128 valence electrons. The number of nitrogens with zero attached hydrogens (tertiary/aromatic N) is 1. The first-order valence-electron chi connectivity index (χ1n) is 7.50. The molecule has 0 atom stereocenters. The maximum atomic E-state index is 11.7. The molecule has 2 N–H and O–H groups in total. The maximum Gasteiger partial charge on any atom is 0.328 e. The summed E-state index contributed by atoms with van der Waals surface area (Å²) in [6, 6.07) is 8.36. The molecule has 0 spiro atoms. The van der Waals surface area contributed by atoms with E-state index in [9.17, 15) is 14.4 Å². The van der Waals surface area contributed by atoms with Crippen LogP contribution in [-0.2, 0) is 11.3 Å². The molecule has 0 radical (unpaired) electrons. The molecule has 2 rings (SSSR count). The Labute approximate surface area is 138 Å². The van der Waals surface area contributed by atoms with Gasteiger partial charge in [-0.2, -0.15) is 0 Å². The molecule has 1 amide bonds. The molecule has 8 heteroatoms. The van der Waals surface area contributed by atoms with Gasteiger partial charge in [0.2, 0.25) is 5.91 Å². The van der Waals surface area contributed by atoms with Gasteiger partial charge < -0.3 is 14.8 Å². The summed E-state index contributed by atoms with van der Waals surface area (Å²) in [7, 11) is 0. The summed E-state index contributed by atoms with van der Waals surface area (Å²) in [5, 5.41) is 2.63. The maximum absolute atomic E-state index is 11.7. The number of nitrogens with one attached hydrogen (secondary N) is 2. The van der Waals surface area contributed by atoms with Crippen LogP contribution in [-0.4, -0.2) is 35.2 Å². The number of H-pyrrole nitrogens is 1. The van der Waals surface area contributed by atoms with Gasteiger partial charge in [-0.25, -0.2) is 4.79 Å². The first kappa shape index (κ1) is 17.3. The van der Waals surface area contributed by atoms with Gasteiger partial charge in [-0.15, -0.1) is 0 Å². The average molecular weight is 333 g/mol. The molecule has 1 aromatic heterocycles. The highest BCUT2D eigenvalue weighted by Crippen LogP contribution is 2.17. The fourth-order valence-electron chi connectivity index (χ4n) is 1.94. The molecule has 0 aliphatic heterocycles. The zero-order chi connectivity index (χ0) is 17.4. The van der Waals surface area contributed by atoms with Crippen LogP contribution in [0.25, 0.3) is 0 Å². The molecule has 0 aliphatic carbocycles. The highest BCUT2D eigenvalue weighted by Gasteiger charge is 2.04. The molecule has 0 bridgehead atoms. The summed E-state index contributed by atoms with van der Waals surface area (Å²) >= 11 is 0. The second-order valence-electron chi connectivity index (χ2n) is 4.84. The van der Waals surface area contributed by atoms with E-state index in [2.05, 4.69) is 10.3 Å². The van der Waals surface area contributed by atoms with Crippen molar-refractivity contribution in [2.75, 3.05) is 19.8 Å². The lowest BCUT2D eigenvalue weighted by Gasteiger charge is -2.09. The Morgan fingerprint density at radius 1 is 1.12 bits per heavy atom. The normalized spacial score (nSPS) is 10.2. The van der Waals surface area contributed by atoms with Crippen molar-refractivity contribution in [3.8, 4) is 11.5 Å². The topological polar surface area (TPSA) is 102 Å². The third kappa shape index (κ3) is 5.31. The average Bonchev–Trinajstić information content (AvgIpc) is 2.56. The Morgan fingerprint density at radius 3 is 2.42 bits per heavy atom. The monoisotopic (exact) mass is 333 g/mol. The molecule has 0 fully saturated rings. The van der Waals surface area contributed by atoms with Crippen LogP contribution in [0.3, 0.4) is 0 Å². The van der Waals surface area contributed by atoms with Crippen LogP contribution in [0.5, 0.6) is 11.5 Å². The number of benzene rings is 1. The molecule has 0 unspecified atom stereocenters. The highest BCUT2D eigenvalue weighted by atomic mass is 16.5. The Balaban J connectivity index is 1.72. The van der Waals surface area contributed by atoms with E-state index in [0.717, 1.165) is 10.3 Å². The Hall–Kier alpha value is -3.03. The van der Waals surface area contributed by atoms with Gasteiger partial charge in [0.25, 0.3) is 5.56 Å². The van der Waals surface area contributed by atoms with Crippen LogP contribution in [0.2, 0.25) is 0 Å². The van der Waals surface area contributed by atoms with Crippen molar-refractivity contribution in [3.63, 3.8) is 0 Å². The minimum Gasteiger partial charge on any atom is -0.494 e. The van der Waals surface area contributed by atoms with Crippen molar-refractivity contribution in [2.45, 2.75) is 13.5 Å². The molecule has 8 nitrogen and oxygen atoms in total. The van der Waals surface area contributed by atoms with Gasteiger partial charge in [0.15, 0.2) is 0 Å². The number of rotatable bonds is 8. The predicted molar refractivity (Wildman–Crippen MR) is 87.4 cm³/mol. The summed E-state index contributed by atoms with van der Waals surface area (Å²) in [5.74, 6) is 1.09. The van der Waals surface area contributed by atoms with E-state index in [-0.39, 0.29) is 12.5 Å². The number of aromatic nitrogens is 2. The van der Waals surface area contributed by atoms with Crippen LogP contribution in [0.15, 0.2) is 46.1 Å². The summed E-state index contributed by atoms with van der Waals surface area (Å²) in [5.41, 5.74) is -1.12. The van der Waals surface area contributed by atoms with Crippen LogP contribution in [0.4, 0.5) is 0 Å². The lowest BCUT2D eigenvalue weighted by atomic mass is 10.3. The van der Waals surface area contributed by atoms with Gasteiger partial charge in [-0.1, -0.05) is 0 Å². The van der Waals surface area contributed by atoms with Crippen molar-refractivity contribution >= 4 is 5.91 Å². The van der Waals surface area contributed by atoms with Gasteiger partial charge in [0, 0.05) is 12.3 Å². The first-order chi connectivity index (χ1) is 11.6. The van der Waals surface area contributed by atoms with Crippen molar-refractivity contribution in [1.29, 1.82) is 0 Å². The SMILES string of the molecule is CCOc1ccc(OCCNC(=O)Cn2ccc(=O)[nH]c2=O)cc1. The van der Waals surface area contributed by atoms with E-state index in [1.165, 1.54) is 12.3 Å². The number of amides is 1. The number of aromatic amines is 1. The smallest absolute Gasteiger partial charge is 0.328 e. The third-order valence-corrected chi connectivity index (χ3v) is 3.04. The second kappa shape index (κ2) is 8.56. The van der Waals surface area contributed by atoms with E-state index in [0.29, 0.717) is 25.5 Å². The van der Waals surface area contributed by atoms with E-state index in [1.807, 2.05) is 6.92 Å². The highest BCUT2D eigenvalue weighted by molar-refractivity contribution is 5.75. The van der Waals surface area contributed by atoms with Crippen molar-refractivity contribution < 1.29 is 14.3 Å². The molecule has 1 aromatic carbocycles. The molecule has 0 saturated heterocycles. The zero-order valence-electron chi connectivity index (χ0n) is 13.3. The molecule has 2 aromatic rings. The summed E-state index contributed by atoms with van der Waals surface area (Å²) in [6.45, 7) is 2.93. The number of carbonyl (C=O) groups excluding carboxylic acids is 1. The largest absolute Gasteiger partial charge is 0.494 e. The van der Waals surface area contributed by atoms with Crippen LogP contribution in [0.1, 0.15) is 6.92 Å². The third-order valence-electron chi connectivity index (χ3n) is 3.04. The van der Waals surface area contributed by atoms with Crippen LogP contribution in [0, 0.1) is 0 Å². The van der Waals surface area contributed by atoms with Gasteiger partial charge in [-0.3, -0.25) is 19.1 Å². The lowest BCUT2D eigenvalue weighted by Crippen LogP contribution is -2.36. The summed E-state index contributed by atoms with van der Waals surface area (Å²) < 4.78 is 11.9. The minimum absolute atomic E-state index is 0.168. The summed E-state index contributed by atoms with van der Waals surface area (Å²) in [4.78, 5) is 36.2. The number of ether oxygens (including phenoxy) is 2. The minimum atomic E-state index is -0.622. The molecule has 1 heterocycles. The number of hydrogen-bond donors (Lipinski definition) is 2. The standard InChI is InChI=1S/C16H19N3O5/c1-2-23-12-3-5-13(6-4-12)24-10-8-17-15(21)11-19-9-7-14(20)18-16(19)22/h3-7,9H,2,8,10-11H2,1H3,(H,17,21)(H,18,20,22). The van der Waals surface area contributed by atoms with Gasteiger partial charge in [-0.05, 0) is 31.2 Å². The van der Waals surface area contributed by atoms with E-state index in [1.54, 1.807) is 24.3 Å². The fraction of sp³-hybridized carbons (Fsp3) is 0.312. The Bertz CT molecular complexity index is 779. The van der Waals surface area contributed by atoms with Gasteiger partial charge in [0.1, 0.15) is 24.7 Å². The van der Waals surface area contributed by atoms with Crippen molar-refractivity contribution in [3.05, 3.63) is 57.4 Å². The number of carbonyl (C=O) groups is 1. The van der Waals surface area contributed by atoms with E-state index < -0.39 is 11.2 Å². The van der Waals surface area contributed by atoms with Crippen molar-refractivity contribution in [1.82, 2.24) is 14.9 Å². The van der Waals surface area contributed by atoms with Gasteiger partial charge in [0.05, 0.1) is 13.2 Å². The van der Waals surface area contributed by atoms with Crippen LogP contribution >= 0.6 is 0 Å². The Kier molecular flexibility index (Phi) is 6.18. The van der Waals surface area contributed by atoms with Crippen LogP contribution < -0.4 is 26.0 Å².